The number of benzene rings is 1. The summed E-state index contributed by atoms with van der Waals surface area (Å²) in [7, 11) is 1.79. The van der Waals surface area contributed by atoms with Gasteiger partial charge in [-0.1, -0.05) is 26.0 Å². The summed E-state index contributed by atoms with van der Waals surface area (Å²) in [5.74, 6) is 0.284. The number of nitrogens with zero attached hydrogens (tertiary/aromatic N) is 2. The van der Waals surface area contributed by atoms with Crippen molar-refractivity contribution in [3.8, 4) is 0 Å². The second-order valence-corrected chi connectivity index (χ2v) is 5.35. The summed E-state index contributed by atoms with van der Waals surface area (Å²) in [6.07, 6.45) is 4.45. The first-order chi connectivity index (χ1) is 10.0. The molecule has 0 radical (unpaired) electrons. The fourth-order valence-electron chi connectivity index (χ4n) is 2.10. The van der Waals surface area contributed by atoms with E-state index in [4.69, 9.17) is 5.73 Å². The van der Waals surface area contributed by atoms with Crippen molar-refractivity contribution in [1.29, 1.82) is 0 Å². The highest BCUT2D eigenvalue weighted by atomic mass is 16.2. The van der Waals surface area contributed by atoms with Crippen LogP contribution in [0.3, 0.4) is 0 Å². The van der Waals surface area contributed by atoms with Crippen LogP contribution in [0, 0.1) is 0 Å². The van der Waals surface area contributed by atoms with Gasteiger partial charge in [0.05, 0.1) is 6.20 Å². The number of carbonyl (C=O) groups excluding carboxylic acids is 1. The molecule has 0 bridgehead atoms. The van der Waals surface area contributed by atoms with E-state index >= 15 is 0 Å². The number of aromatic nitrogens is 2. The summed E-state index contributed by atoms with van der Waals surface area (Å²) in [4.78, 5) is 12.1. The molecular weight excluding hydrogens is 264 g/mol. The Balaban J connectivity index is 2.02. The van der Waals surface area contributed by atoms with Crippen LogP contribution in [0.4, 0.5) is 5.69 Å². The van der Waals surface area contributed by atoms with Crippen LogP contribution in [0.1, 0.15) is 43.4 Å². The van der Waals surface area contributed by atoms with Crippen molar-refractivity contribution < 1.29 is 4.79 Å². The zero-order chi connectivity index (χ0) is 15.4. The van der Waals surface area contributed by atoms with Gasteiger partial charge in [0.2, 0.25) is 5.91 Å². The number of nitrogens with one attached hydrogen (secondary N) is 1. The molecule has 0 spiro atoms. The monoisotopic (exact) mass is 286 g/mol. The number of nitrogens with two attached hydrogens (primary N) is 1. The van der Waals surface area contributed by atoms with Gasteiger partial charge in [-0.3, -0.25) is 9.48 Å². The van der Waals surface area contributed by atoms with E-state index in [2.05, 4.69) is 24.3 Å². The number of hydrogen-bond donors (Lipinski definition) is 2. The minimum Gasteiger partial charge on any atom is -0.324 e. The van der Waals surface area contributed by atoms with Crippen molar-refractivity contribution in [3.63, 3.8) is 0 Å². The van der Waals surface area contributed by atoms with Crippen LogP contribution in [-0.4, -0.2) is 15.7 Å². The molecule has 2 aromatic rings. The minimum atomic E-state index is -0.715. The average molecular weight is 286 g/mol. The standard InChI is InChI=1S/C16H22N4O/c1-4-11(2)12-5-7-14(8-6-12)19-16(21)15(17)13-9-18-20(3)10-13/h5-11,15H,4,17H2,1-3H3,(H,19,21). The van der Waals surface area contributed by atoms with E-state index in [1.54, 1.807) is 24.1 Å². The maximum atomic E-state index is 12.1. The molecule has 5 nitrogen and oxygen atoms in total. The van der Waals surface area contributed by atoms with Gasteiger partial charge < -0.3 is 11.1 Å². The molecule has 2 atom stereocenters. The third kappa shape index (κ3) is 3.70. The molecule has 1 amide bonds. The van der Waals surface area contributed by atoms with E-state index in [1.807, 2.05) is 24.3 Å². The second-order valence-electron chi connectivity index (χ2n) is 5.35. The van der Waals surface area contributed by atoms with Gasteiger partial charge in [-0.2, -0.15) is 5.10 Å². The Morgan fingerprint density at radius 2 is 2.00 bits per heavy atom. The molecule has 0 aliphatic heterocycles. The molecular formula is C16H22N4O. The zero-order valence-electron chi connectivity index (χ0n) is 12.7. The summed E-state index contributed by atoms with van der Waals surface area (Å²) in [6, 6.07) is 7.19. The Labute approximate surface area is 125 Å². The molecule has 5 heteroatoms. The first-order valence-electron chi connectivity index (χ1n) is 7.16. The van der Waals surface area contributed by atoms with Gasteiger partial charge in [0.25, 0.3) is 0 Å². The van der Waals surface area contributed by atoms with E-state index < -0.39 is 6.04 Å². The molecule has 0 aliphatic rings. The number of carbonyl (C=O) groups is 1. The molecule has 1 heterocycles. The highest BCUT2D eigenvalue weighted by Gasteiger charge is 2.17. The van der Waals surface area contributed by atoms with Crippen molar-refractivity contribution in [2.45, 2.75) is 32.2 Å². The third-order valence-electron chi connectivity index (χ3n) is 3.73. The molecule has 0 aliphatic carbocycles. The quantitative estimate of drug-likeness (QED) is 0.887. The molecule has 0 saturated heterocycles. The third-order valence-corrected chi connectivity index (χ3v) is 3.73. The van der Waals surface area contributed by atoms with Crippen LogP contribution in [0.5, 0.6) is 0 Å². The van der Waals surface area contributed by atoms with E-state index in [0.717, 1.165) is 12.1 Å². The van der Waals surface area contributed by atoms with Gasteiger partial charge in [-0.05, 0) is 30.0 Å². The molecule has 2 unspecified atom stereocenters. The maximum absolute atomic E-state index is 12.1. The summed E-state index contributed by atoms with van der Waals surface area (Å²) in [5, 5.41) is 6.86. The number of anilines is 1. The molecule has 1 aromatic carbocycles. The highest BCUT2D eigenvalue weighted by molar-refractivity contribution is 5.95. The fraction of sp³-hybridized carbons (Fsp3) is 0.375. The topological polar surface area (TPSA) is 72.9 Å². The number of rotatable bonds is 5. The van der Waals surface area contributed by atoms with Crippen molar-refractivity contribution in [2.24, 2.45) is 12.8 Å². The van der Waals surface area contributed by atoms with Gasteiger partial charge in [0.15, 0.2) is 0 Å². The van der Waals surface area contributed by atoms with Crippen LogP contribution in [0.2, 0.25) is 0 Å². The van der Waals surface area contributed by atoms with Gasteiger partial charge in [-0.25, -0.2) is 0 Å². The second kappa shape index (κ2) is 6.54. The molecule has 1 aromatic heterocycles. The lowest BCUT2D eigenvalue weighted by atomic mass is 9.98. The van der Waals surface area contributed by atoms with E-state index in [0.29, 0.717) is 11.5 Å². The normalized spacial score (nSPS) is 13.7. The van der Waals surface area contributed by atoms with Gasteiger partial charge in [0, 0.05) is 24.5 Å². The predicted octanol–water partition coefficient (Wildman–Crippen LogP) is 2.57. The Kier molecular flexibility index (Phi) is 4.75. The Morgan fingerprint density at radius 1 is 1.33 bits per heavy atom. The summed E-state index contributed by atoms with van der Waals surface area (Å²) in [6.45, 7) is 4.35. The van der Waals surface area contributed by atoms with Crippen LogP contribution < -0.4 is 11.1 Å². The summed E-state index contributed by atoms with van der Waals surface area (Å²) < 4.78 is 1.63. The van der Waals surface area contributed by atoms with Crippen molar-refractivity contribution >= 4 is 11.6 Å². The Morgan fingerprint density at radius 3 is 2.52 bits per heavy atom. The van der Waals surface area contributed by atoms with E-state index in [9.17, 15) is 4.79 Å². The largest absolute Gasteiger partial charge is 0.324 e. The van der Waals surface area contributed by atoms with Crippen LogP contribution in [0.15, 0.2) is 36.7 Å². The highest BCUT2D eigenvalue weighted by Crippen LogP contribution is 2.21. The Hall–Kier alpha value is -2.14. The molecule has 21 heavy (non-hydrogen) atoms. The number of hydrogen-bond acceptors (Lipinski definition) is 3. The maximum Gasteiger partial charge on any atom is 0.246 e. The smallest absolute Gasteiger partial charge is 0.246 e. The van der Waals surface area contributed by atoms with Crippen molar-refractivity contribution in [2.75, 3.05) is 5.32 Å². The first-order valence-corrected chi connectivity index (χ1v) is 7.16. The van der Waals surface area contributed by atoms with Gasteiger partial charge in [0.1, 0.15) is 6.04 Å². The minimum absolute atomic E-state index is 0.237. The number of amides is 1. The van der Waals surface area contributed by atoms with Crippen LogP contribution >= 0.6 is 0 Å². The fourth-order valence-corrected chi connectivity index (χ4v) is 2.10. The molecule has 2 rings (SSSR count). The summed E-state index contributed by atoms with van der Waals surface area (Å²) >= 11 is 0. The predicted molar refractivity (Wildman–Crippen MR) is 83.9 cm³/mol. The van der Waals surface area contributed by atoms with Crippen LogP contribution in [-0.2, 0) is 11.8 Å². The van der Waals surface area contributed by atoms with Crippen molar-refractivity contribution in [3.05, 3.63) is 47.8 Å². The first kappa shape index (κ1) is 15.3. The van der Waals surface area contributed by atoms with Crippen LogP contribution in [0.25, 0.3) is 0 Å². The molecule has 0 fully saturated rings. The van der Waals surface area contributed by atoms with E-state index in [1.165, 1.54) is 5.56 Å². The van der Waals surface area contributed by atoms with Gasteiger partial charge >= 0.3 is 0 Å². The average Bonchev–Trinajstić information content (AvgIpc) is 2.93. The summed E-state index contributed by atoms with van der Waals surface area (Å²) in [5.41, 5.74) is 8.66. The lowest BCUT2D eigenvalue weighted by Crippen LogP contribution is -2.27. The molecule has 112 valence electrons. The van der Waals surface area contributed by atoms with E-state index in [-0.39, 0.29) is 5.91 Å². The lowest BCUT2D eigenvalue weighted by Gasteiger charge is -2.12. The number of aryl methyl sites for hydroxylation is 1. The molecule has 0 saturated carbocycles. The van der Waals surface area contributed by atoms with Gasteiger partial charge in [-0.15, -0.1) is 0 Å². The molecule has 3 N–H and O–H groups in total. The Bertz CT molecular complexity index is 603. The zero-order valence-corrected chi connectivity index (χ0v) is 12.7. The lowest BCUT2D eigenvalue weighted by molar-refractivity contribution is -0.117. The van der Waals surface area contributed by atoms with Crippen molar-refractivity contribution in [1.82, 2.24) is 9.78 Å². The SMILES string of the molecule is CCC(C)c1ccc(NC(=O)C(N)c2cnn(C)c2)cc1.